The molecule has 1 N–H and O–H groups in total. The smallest absolute Gasteiger partial charge is 0.152 e. The van der Waals surface area contributed by atoms with Crippen LogP contribution in [0.15, 0.2) is 36.4 Å². The van der Waals surface area contributed by atoms with Gasteiger partial charge in [-0.25, -0.2) is 0 Å². The van der Waals surface area contributed by atoms with E-state index in [9.17, 15) is 0 Å². The van der Waals surface area contributed by atoms with Crippen LogP contribution in [0.5, 0.6) is 0 Å². The van der Waals surface area contributed by atoms with Crippen LogP contribution in [-0.2, 0) is 0 Å². The number of H-pyrrole nitrogens is 1. The maximum Gasteiger partial charge on any atom is 0.152 e. The molecule has 84 valence electrons. The zero-order valence-corrected chi connectivity index (χ0v) is 9.99. The Balaban J connectivity index is 2.20. The zero-order valence-electron chi connectivity index (χ0n) is 9.24. The van der Waals surface area contributed by atoms with E-state index in [4.69, 9.17) is 11.6 Å². The molecule has 3 rings (SSSR count). The van der Waals surface area contributed by atoms with Crippen LogP contribution in [0.3, 0.4) is 0 Å². The second-order valence-electron chi connectivity index (χ2n) is 3.97. The molecule has 0 saturated heterocycles. The molecular weight excluding hydrogens is 234 g/mol. The molecule has 3 aromatic rings. The van der Waals surface area contributed by atoms with E-state index >= 15 is 0 Å². The number of aryl methyl sites for hydroxylation is 1. The molecule has 0 radical (unpaired) electrons. The van der Waals surface area contributed by atoms with Gasteiger partial charge in [0, 0.05) is 10.9 Å². The van der Waals surface area contributed by atoms with Gasteiger partial charge in [-0.3, -0.25) is 0 Å². The van der Waals surface area contributed by atoms with Crippen molar-refractivity contribution in [3.63, 3.8) is 0 Å². The highest BCUT2D eigenvalue weighted by Gasteiger charge is 2.08. The summed E-state index contributed by atoms with van der Waals surface area (Å²) < 4.78 is 0. The summed E-state index contributed by atoms with van der Waals surface area (Å²) in [6.45, 7) is 1.97. The highest BCUT2D eigenvalue weighted by atomic mass is 35.5. The molecule has 2 heterocycles. The van der Waals surface area contributed by atoms with Crippen molar-refractivity contribution in [2.75, 3.05) is 0 Å². The lowest BCUT2D eigenvalue weighted by atomic mass is 10.2. The maximum absolute atomic E-state index is 5.80. The second kappa shape index (κ2) is 3.86. The first kappa shape index (κ1) is 10.3. The van der Waals surface area contributed by atoms with Gasteiger partial charge in [0.25, 0.3) is 0 Å². The molecule has 3 nitrogen and oxygen atoms in total. The molecule has 0 bridgehead atoms. The molecule has 0 atom stereocenters. The van der Waals surface area contributed by atoms with Crippen molar-refractivity contribution >= 4 is 22.5 Å². The minimum atomic E-state index is 0.419. The lowest BCUT2D eigenvalue weighted by Crippen LogP contribution is -1.91. The molecule has 0 unspecified atom stereocenters. The first-order valence-electron chi connectivity index (χ1n) is 5.32. The van der Waals surface area contributed by atoms with Crippen molar-refractivity contribution < 1.29 is 0 Å². The summed E-state index contributed by atoms with van der Waals surface area (Å²) in [6.07, 6.45) is 0. The summed E-state index contributed by atoms with van der Waals surface area (Å²) in [5, 5.41) is 9.60. The van der Waals surface area contributed by atoms with Crippen LogP contribution in [0.25, 0.3) is 22.3 Å². The van der Waals surface area contributed by atoms with E-state index in [2.05, 4.69) is 27.3 Å². The van der Waals surface area contributed by atoms with Crippen LogP contribution in [0, 0.1) is 6.92 Å². The van der Waals surface area contributed by atoms with Crippen molar-refractivity contribution in [3.8, 4) is 11.4 Å². The first-order valence-corrected chi connectivity index (χ1v) is 5.70. The van der Waals surface area contributed by atoms with Crippen molar-refractivity contribution in [1.82, 2.24) is 15.2 Å². The molecule has 0 aliphatic rings. The maximum atomic E-state index is 5.80. The lowest BCUT2D eigenvalue weighted by Gasteiger charge is -2.00. The minimum Gasteiger partial charge on any atom is -0.353 e. The fraction of sp³-hybridized carbons (Fsp3) is 0.0769. The van der Waals surface area contributed by atoms with Gasteiger partial charge >= 0.3 is 0 Å². The van der Waals surface area contributed by atoms with Gasteiger partial charge in [0.2, 0.25) is 0 Å². The first-order chi connectivity index (χ1) is 8.24. The standard InChI is InChI=1S/C13H10ClN3/c1-8-6-12(14)16-17-13(8)11-7-9-4-2-3-5-10(9)15-11/h2-7,15H,1H3. The Labute approximate surface area is 103 Å². The third-order valence-electron chi connectivity index (χ3n) is 2.74. The highest BCUT2D eigenvalue weighted by Crippen LogP contribution is 2.25. The monoisotopic (exact) mass is 243 g/mol. The molecule has 0 saturated carbocycles. The number of aromatic nitrogens is 3. The molecule has 4 heteroatoms. The third kappa shape index (κ3) is 1.78. The molecule has 0 spiro atoms. The van der Waals surface area contributed by atoms with E-state index < -0.39 is 0 Å². The van der Waals surface area contributed by atoms with Crippen LogP contribution < -0.4 is 0 Å². The fourth-order valence-corrected chi connectivity index (χ4v) is 2.12. The molecule has 0 aliphatic carbocycles. The van der Waals surface area contributed by atoms with Gasteiger partial charge < -0.3 is 4.98 Å². The summed E-state index contributed by atoms with van der Waals surface area (Å²) in [7, 11) is 0. The number of nitrogens with zero attached hydrogens (tertiary/aromatic N) is 2. The Morgan fingerprint density at radius 3 is 2.71 bits per heavy atom. The number of fused-ring (bicyclic) bond motifs is 1. The van der Waals surface area contributed by atoms with Crippen molar-refractivity contribution in [3.05, 3.63) is 47.1 Å². The molecule has 0 aliphatic heterocycles. The molecule has 0 fully saturated rings. The van der Waals surface area contributed by atoms with Crippen LogP contribution in [-0.4, -0.2) is 15.2 Å². The topological polar surface area (TPSA) is 41.6 Å². The van der Waals surface area contributed by atoms with Crippen LogP contribution in [0.2, 0.25) is 5.15 Å². The Hall–Kier alpha value is -1.87. The van der Waals surface area contributed by atoms with Gasteiger partial charge in [-0.15, -0.1) is 10.2 Å². The average molecular weight is 244 g/mol. The van der Waals surface area contributed by atoms with E-state index in [0.717, 1.165) is 22.5 Å². The van der Waals surface area contributed by atoms with Crippen LogP contribution >= 0.6 is 11.6 Å². The van der Waals surface area contributed by atoms with Gasteiger partial charge in [0.15, 0.2) is 5.15 Å². The number of halogens is 1. The van der Waals surface area contributed by atoms with E-state index in [-0.39, 0.29) is 0 Å². The summed E-state index contributed by atoms with van der Waals surface area (Å²) in [5.74, 6) is 0. The van der Waals surface area contributed by atoms with E-state index in [0.29, 0.717) is 5.15 Å². The van der Waals surface area contributed by atoms with E-state index in [1.54, 1.807) is 0 Å². The van der Waals surface area contributed by atoms with Crippen molar-refractivity contribution in [2.24, 2.45) is 0 Å². The summed E-state index contributed by atoms with van der Waals surface area (Å²) in [5.41, 5.74) is 3.91. The number of rotatable bonds is 1. The van der Waals surface area contributed by atoms with Gasteiger partial charge in [-0.1, -0.05) is 29.8 Å². The third-order valence-corrected chi connectivity index (χ3v) is 2.92. The normalized spacial score (nSPS) is 10.9. The predicted octanol–water partition coefficient (Wildman–Crippen LogP) is 3.59. The highest BCUT2D eigenvalue weighted by molar-refractivity contribution is 6.29. The predicted molar refractivity (Wildman–Crippen MR) is 69.1 cm³/mol. The Kier molecular flexibility index (Phi) is 2.34. The minimum absolute atomic E-state index is 0.419. The summed E-state index contributed by atoms with van der Waals surface area (Å²) in [4.78, 5) is 3.33. The number of hydrogen-bond acceptors (Lipinski definition) is 2. The second-order valence-corrected chi connectivity index (χ2v) is 4.36. The van der Waals surface area contributed by atoms with Crippen LogP contribution in [0.4, 0.5) is 0 Å². The summed E-state index contributed by atoms with van der Waals surface area (Å²) in [6, 6.07) is 12.0. The molecule has 1 aromatic carbocycles. The number of aromatic amines is 1. The van der Waals surface area contributed by atoms with Crippen LogP contribution in [0.1, 0.15) is 5.56 Å². The largest absolute Gasteiger partial charge is 0.353 e. The molecule has 2 aromatic heterocycles. The molecule has 17 heavy (non-hydrogen) atoms. The van der Waals surface area contributed by atoms with Gasteiger partial charge in [0.1, 0.15) is 5.69 Å². The number of para-hydroxylation sites is 1. The molecule has 0 amide bonds. The number of hydrogen-bond donors (Lipinski definition) is 1. The van der Waals surface area contributed by atoms with Crippen molar-refractivity contribution in [1.29, 1.82) is 0 Å². The Bertz CT molecular complexity index is 655. The SMILES string of the molecule is Cc1cc(Cl)nnc1-c1cc2ccccc2[nH]1. The molecular formula is C13H10ClN3. The van der Waals surface area contributed by atoms with E-state index in [1.807, 2.05) is 31.2 Å². The average Bonchev–Trinajstić information content (AvgIpc) is 2.72. The van der Waals surface area contributed by atoms with Gasteiger partial charge in [0.05, 0.1) is 5.69 Å². The van der Waals surface area contributed by atoms with Crippen molar-refractivity contribution in [2.45, 2.75) is 6.92 Å². The number of benzene rings is 1. The summed E-state index contributed by atoms with van der Waals surface area (Å²) >= 11 is 5.80. The number of nitrogens with one attached hydrogen (secondary N) is 1. The van der Waals surface area contributed by atoms with E-state index in [1.165, 1.54) is 5.39 Å². The fourth-order valence-electron chi connectivity index (χ4n) is 1.92. The lowest BCUT2D eigenvalue weighted by molar-refractivity contribution is 1.02. The van der Waals surface area contributed by atoms with Gasteiger partial charge in [-0.2, -0.15) is 0 Å². The zero-order chi connectivity index (χ0) is 11.8. The van der Waals surface area contributed by atoms with Gasteiger partial charge in [-0.05, 0) is 30.7 Å². The quantitative estimate of drug-likeness (QED) is 0.710. The Morgan fingerprint density at radius 2 is 1.94 bits per heavy atom. The Morgan fingerprint density at radius 1 is 1.12 bits per heavy atom.